The van der Waals surface area contributed by atoms with Crippen LogP contribution in [0.1, 0.15) is 36.5 Å². The predicted octanol–water partition coefficient (Wildman–Crippen LogP) is 6.68. The van der Waals surface area contributed by atoms with Gasteiger partial charge in [-0.25, -0.2) is 4.99 Å². The molecule has 0 aliphatic carbocycles. The molecule has 35 heavy (non-hydrogen) atoms. The fourth-order valence-corrected chi connectivity index (χ4v) is 4.44. The second kappa shape index (κ2) is 11.3. The number of thioether (sulfide) groups is 1. The third-order valence-electron chi connectivity index (χ3n) is 5.67. The lowest BCUT2D eigenvalue weighted by Crippen LogP contribution is -2.30. The van der Waals surface area contributed by atoms with Crippen molar-refractivity contribution in [3.05, 3.63) is 95.2 Å². The Morgan fingerprint density at radius 1 is 0.943 bits per heavy atom. The van der Waals surface area contributed by atoms with Crippen LogP contribution in [0.5, 0.6) is 11.5 Å². The minimum Gasteiger partial charge on any atom is -0.497 e. The van der Waals surface area contributed by atoms with E-state index in [1.165, 1.54) is 17.3 Å². The molecule has 0 unspecified atom stereocenters. The molecule has 1 heterocycles. The van der Waals surface area contributed by atoms with E-state index in [4.69, 9.17) is 14.5 Å². The predicted molar refractivity (Wildman–Crippen MR) is 146 cm³/mol. The summed E-state index contributed by atoms with van der Waals surface area (Å²) < 4.78 is 11.0. The number of hydrogen-bond acceptors (Lipinski definition) is 5. The zero-order valence-corrected chi connectivity index (χ0v) is 21.3. The molecule has 6 heteroatoms. The number of ether oxygens (including phenoxy) is 2. The molecule has 1 amide bonds. The highest BCUT2D eigenvalue weighted by atomic mass is 32.2. The summed E-state index contributed by atoms with van der Waals surface area (Å²) in [5.74, 6) is 2.55. The molecule has 180 valence electrons. The summed E-state index contributed by atoms with van der Waals surface area (Å²) in [6, 6.07) is 23.7. The van der Waals surface area contributed by atoms with Gasteiger partial charge in [-0.15, -0.1) is 0 Å². The van der Waals surface area contributed by atoms with Crippen LogP contribution in [0.15, 0.2) is 83.5 Å². The summed E-state index contributed by atoms with van der Waals surface area (Å²) in [5.41, 5.74) is 4.60. The first kappa shape index (κ1) is 24.6. The van der Waals surface area contributed by atoms with Gasteiger partial charge in [0.05, 0.1) is 19.4 Å². The molecule has 0 saturated carbocycles. The van der Waals surface area contributed by atoms with Gasteiger partial charge in [-0.05, 0) is 66.4 Å². The number of methoxy groups -OCH3 is 1. The van der Waals surface area contributed by atoms with Crippen molar-refractivity contribution in [3.8, 4) is 11.5 Å². The SMILES string of the molecule is COc1ccc(OCCSC2=NC(=Cc3ccc(C(C)C)cc3)C(=O)N2c2ccc(C)cc2)cc1. The van der Waals surface area contributed by atoms with Gasteiger partial charge in [-0.3, -0.25) is 9.69 Å². The van der Waals surface area contributed by atoms with Crippen molar-refractivity contribution in [2.75, 3.05) is 24.4 Å². The van der Waals surface area contributed by atoms with Crippen LogP contribution in [-0.4, -0.2) is 30.5 Å². The van der Waals surface area contributed by atoms with E-state index in [1.54, 1.807) is 12.0 Å². The number of amidine groups is 1. The third-order valence-corrected chi connectivity index (χ3v) is 6.57. The molecule has 0 aromatic heterocycles. The first-order chi connectivity index (χ1) is 16.9. The minimum absolute atomic E-state index is 0.125. The van der Waals surface area contributed by atoms with Crippen LogP contribution in [0, 0.1) is 6.92 Å². The number of aliphatic imine (C=N–C) groups is 1. The van der Waals surface area contributed by atoms with Gasteiger partial charge in [0.25, 0.3) is 5.91 Å². The molecule has 0 fully saturated rings. The fraction of sp³-hybridized carbons (Fsp3) is 0.241. The summed E-state index contributed by atoms with van der Waals surface area (Å²) in [4.78, 5) is 19.8. The van der Waals surface area contributed by atoms with Gasteiger partial charge in [0, 0.05) is 5.75 Å². The molecule has 4 rings (SSSR count). The van der Waals surface area contributed by atoms with Gasteiger partial charge < -0.3 is 9.47 Å². The van der Waals surface area contributed by atoms with Crippen LogP contribution in [0.25, 0.3) is 6.08 Å². The molecule has 0 radical (unpaired) electrons. The number of rotatable bonds is 8. The van der Waals surface area contributed by atoms with E-state index in [-0.39, 0.29) is 5.91 Å². The molecule has 1 aliphatic rings. The lowest BCUT2D eigenvalue weighted by atomic mass is 10.0. The lowest BCUT2D eigenvalue weighted by Gasteiger charge is -2.18. The second-order valence-electron chi connectivity index (χ2n) is 8.59. The topological polar surface area (TPSA) is 51.1 Å². The van der Waals surface area contributed by atoms with E-state index >= 15 is 0 Å². The van der Waals surface area contributed by atoms with Gasteiger partial charge in [-0.1, -0.05) is 67.6 Å². The Kier molecular flexibility index (Phi) is 7.93. The Bertz CT molecular complexity index is 1210. The number of carbonyl (C=O) groups is 1. The lowest BCUT2D eigenvalue weighted by molar-refractivity contribution is -0.113. The van der Waals surface area contributed by atoms with E-state index in [9.17, 15) is 4.79 Å². The van der Waals surface area contributed by atoms with Crippen molar-refractivity contribution in [2.45, 2.75) is 26.7 Å². The van der Waals surface area contributed by atoms with Crippen LogP contribution in [0.2, 0.25) is 0 Å². The molecule has 3 aromatic rings. The maximum absolute atomic E-state index is 13.4. The molecular formula is C29H30N2O3S. The molecular weight excluding hydrogens is 456 g/mol. The largest absolute Gasteiger partial charge is 0.497 e. The van der Waals surface area contributed by atoms with Crippen molar-refractivity contribution in [3.63, 3.8) is 0 Å². The molecule has 5 nitrogen and oxygen atoms in total. The van der Waals surface area contributed by atoms with Gasteiger partial charge >= 0.3 is 0 Å². The van der Waals surface area contributed by atoms with E-state index in [0.717, 1.165) is 28.3 Å². The van der Waals surface area contributed by atoms with E-state index < -0.39 is 0 Å². The average molecular weight is 487 g/mol. The van der Waals surface area contributed by atoms with Crippen molar-refractivity contribution in [1.29, 1.82) is 0 Å². The second-order valence-corrected chi connectivity index (χ2v) is 9.66. The molecule has 0 saturated heterocycles. The van der Waals surface area contributed by atoms with Gasteiger partial charge in [0.2, 0.25) is 0 Å². The summed E-state index contributed by atoms with van der Waals surface area (Å²) in [7, 11) is 1.64. The van der Waals surface area contributed by atoms with E-state index in [0.29, 0.717) is 29.1 Å². The van der Waals surface area contributed by atoms with Gasteiger partial charge in [0.1, 0.15) is 17.2 Å². The molecule has 1 aliphatic heterocycles. The van der Waals surface area contributed by atoms with Crippen LogP contribution in [0.4, 0.5) is 5.69 Å². The number of amides is 1. The first-order valence-corrected chi connectivity index (χ1v) is 12.6. The fourth-order valence-electron chi connectivity index (χ4n) is 3.61. The molecule has 0 atom stereocenters. The van der Waals surface area contributed by atoms with Crippen LogP contribution in [-0.2, 0) is 4.79 Å². The summed E-state index contributed by atoms with van der Waals surface area (Å²) >= 11 is 1.51. The van der Waals surface area contributed by atoms with Crippen molar-refractivity contribution in [2.24, 2.45) is 4.99 Å². The standard InChI is InChI=1S/C29H30N2O3S/c1-20(2)23-9-7-22(8-10-23)19-27-28(32)31(24-11-5-21(3)6-12-24)29(30-27)35-18-17-34-26-15-13-25(33-4)14-16-26/h5-16,19-20H,17-18H2,1-4H3. The zero-order valence-electron chi connectivity index (χ0n) is 20.5. The molecule has 3 aromatic carbocycles. The molecule has 0 spiro atoms. The smallest absolute Gasteiger partial charge is 0.283 e. The average Bonchev–Trinajstić information content (AvgIpc) is 3.17. The van der Waals surface area contributed by atoms with Crippen LogP contribution in [0.3, 0.4) is 0 Å². The Labute approximate surface area is 211 Å². The Balaban J connectivity index is 1.50. The van der Waals surface area contributed by atoms with Crippen LogP contribution >= 0.6 is 11.8 Å². The van der Waals surface area contributed by atoms with Crippen molar-refractivity contribution >= 4 is 34.6 Å². The maximum atomic E-state index is 13.4. The summed E-state index contributed by atoms with van der Waals surface area (Å²) in [5, 5.41) is 0.655. The van der Waals surface area contributed by atoms with Crippen LogP contribution < -0.4 is 14.4 Å². The minimum atomic E-state index is -0.125. The summed E-state index contributed by atoms with van der Waals surface area (Å²) in [6.45, 7) is 6.85. The number of hydrogen-bond donors (Lipinski definition) is 0. The van der Waals surface area contributed by atoms with Gasteiger partial charge in [-0.2, -0.15) is 0 Å². The van der Waals surface area contributed by atoms with Crippen molar-refractivity contribution in [1.82, 2.24) is 0 Å². The highest BCUT2D eigenvalue weighted by molar-refractivity contribution is 8.14. The number of aryl methyl sites for hydroxylation is 1. The first-order valence-electron chi connectivity index (χ1n) is 11.7. The van der Waals surface area contributed by atoms with Crippen molar-refractivity contribution < 1.29 is 14.3 Å². The quantitative estimate of drug-likeness (QED) is 0.263. The molecule has 0 bridgehead atoms. The third kappa shape index (κ3) is 6.14. The normalized spacial score (nSPS) is 14.5. The zero-order chi connectivity index (χ0) is 24.8. The Morgan fingerprint density at radius 2 is 1.60 bits per heavy atom. The van der Waals surface area contributed by atoms with E-state index in [2.05, 4.69) is 26.0 Å². The maximum Gasteiger partial charge on any atom is 0.283 e. The Morgan fingerprint density at radius 3 is 2.23 bits per heavy atom. The number of nitrogens with zero attached hydrogens (tertiary/aromatic N) is 2. The highest BCUT2D eigenvalue weighted by Crippen LogP contribution is 2.30. The number of benzene rings is 3. The number of anilines is 1. The molecule has 0 N–H and O–H groups in total. The highest BCUT2D eigenvalue weighted by Gasteiger charge is 2.31. The Hall–Kier alpha value is -3.51. The monoisotopic (exact) mass is 486 g/mol. The summed E-state index contributed by atoms with van der Waals surface area (Å²) in [6.07, 6.45) is 1.86. The van der Waals surface area contributed by atoms with E-state index in [1.807, 2.05) is 73.7 Å². The number of carbonyl (C=O) groups excluding carboxylic acids is 1. The van der Waals surface area contributed by atoms with Gasteiger partial charge in [0.15, 0.2) is 5.17 Å².